The van der Waals surface area contributed by atoms with E-state index >= 15 is 0 Å². The Morgan fingerprint density at radius 2 is 0.977 bits per heavy atom. The third-order valence-corrected chi connectivity index (χ3v) is 24.6. The van der Waals surface area contributed by atoms with Gasteiger partial charge in [0.2, 0.25) is 0 Å². The monoisotopic (exact) mass is 675 g/mol. The van der Waals surface area contributed by atoms with Gasteiger partial charge in [0.1, 0.15) is 0 Å². The molecule has 220 valence electrons. The molecular formula is C40H44NOSb. The van der Waals surface area contributed by atoms with Crippen molar-refractivity contribution >= 4 is 40.0 Å². The van der Waals surface area contributed by atoms with Crippen LogP contribution in [0.4, 0.5) is 11.4 Å². The van der Waals surface area contributed by atoms with Gasteiger partial charge >= 0.3 is 262 Å². The van der Waals surface area contributed by atoms with Crippen molar-refractivity contribution in [1.29, 1.82) is 0 Å². The molecule has 0 aliphatic carbocycles. The SMILES string of the molecule is Cc1cccc(C)c1[N]1c2cc(C(C)(C)C)cc(C(C)(C)C)c2[O][Sb]1([c]1ccccc1)([c]1ccccc1)[c]1ccccc1. The first-order chi connectivity index (χ1) is 20.4. The summed E-state index contributed by atoms with van der Waals surface area (Å²) >= 11 is -5.23. The van der Waals surface area contributed by atoms with Crippen LogP contribution in [0.25, 0.3) is 0 Å². The Labute approximate surface area is 260 Å². The van der Waals surface area contributed by atoms with E-state index in [1.54, 1.807) is 0 Å². The molecule has 0 spiro atoms. The van der Waals surface area contributed by atoms with E-state index in [-0.39, 0.29) is 10.8 Å². The fourth-order valence-corrected chi connectivity index (χ4v) is 23.8. The number of nitrogens with zero attached hydrogens (tertiary/aromatic N) is 1. The van der Waals surface area contributed by atoms with E-state index in [0.29, 0.717) is 0 Å². The van der Waals surface area contributed by atoms with Gasteiger partial charge < -0.3 is 0 Å². The Hall–Kier alpha value is -3.48. The molecule has 0 aromatic heterocycles. The van der Waals surface area contributed by atoms with Gasteiger partial charge in [0.15, 0.2) is 0 Å². The molecular weight excluding hydrogens is 632 g/mol. The summed E-state index contributed by atoms with van der Waals surface area (Å²) in [5.41, 5.74) is 7.31. The minimum atomic E-state index is -5.23. The van der Waals surface area contributed by atoms with Crippen LogP contribution in [0.1, 0.15) is 63.8 Å². The normalized spacial score (nSPS) is 16.6. The summed E-state index contributed by atoms with van der Waals surface area (Å²) in [7, 11) is 0. The van der Waals surface area contributed by atoms with E-state index in [2.05, 4.69) is 180 Å². The number of hydrogen-bond acceptors (Lipinski definition) is 2. The summed E-state index contributed by atoms with van der Waals surface area (Å²) in [6.07, 6.45) is 0. The molecule has 2 nitrogen and oxygen atoms in total. The molecule has 0 saturated carbocycles. The Balaban J connectivity index is 1.95. The number of para-hydroxylation sites is 1. The fourth-order valence-electron chi connectivity index (χ4n) is 6.80. The molecule has 0 N–H and O–H groups in total. The predicted molar refractivity (Wildman–Crippen MR) is 187 cm³/mol. The molecule has 0 saturated heterocycles. The summed E-state index contributed by atoms with van der Waals surface area (Å²) in [6.45, 7) is 18.4. The van der Waals surface area contributed by atoms with Crippen molar-refractivity contribution in [2.45, 2.75) is 66.2 Å². The van der Waals surface area contributed by atoms with Gasteiger partial charge in [0.25, 0.3) is 0 Å². The average Bonchev–Trinajstić information content (AvgIpc) is 3.30. The molecule has 1 heterocycles. The molecule has 3 heteroatoms. The molecule has 1 aliphatic rings. The fraction of sp³-hybridized carbons (Fsp3) is 0.250. The van der Waals surface area contributed by atoms with Gasteiger partial charge in [-0.1, -0.05) is 0 Å². The number of fused-ring (bicyclic) bond motifs is 1. The molecule has 0 atom stereocenters. The van der Waals surface area contributed by atoms with Crippen LogP contribution in [0.3, 0.4) is 0 Å². The molecule has 6 rings (SSSR count). The van der Waals surface area contributed by atoms with Crippen LogP contribution in [0, 0.1) is 13.8 Å². The quantitative estimate of drug-likeness (QED) is 0.177. The second kappa shape index (κ2) is 10.3. The van der Waals surface area contributed by atoms with E-state index in [1.807, 2.05) is 0 Å². The minimum absolute atomic E-state index is 0.0410. The van der Waals surface area contributed by atoms with E-state index in [1.165, 1.54) is 44.2 Å². The summed E-state index contributed by atoms with van der Waals surface area (Å²) < 4.78 is 14.7. The third kappa shape index (κ3) is 4.36. The van der Waals surface area contributed by atoms with Crippen LogP contribution >= 0.6 is 0 Å². The van der Waals surface area contributed by atoms with Gasteiger partial charge in [-0.2, -0.15) is 0 Å². The number of aryl methyl sites for hydroxylation is 2. The van der Waals surface area contributed by atoms with E-state index < -0.39 is 18.1 Å². The van der Waals surface area contributed by atoms with Gasteiger partial charge in [0, 0.05) is 0 Å². The van der Waals surface area contributed by atoms with Crippen LogP contribution in [-0.4, -0.2) is 18.1 Å². The van der Waals surface area contributed by atoms with Crippen LogP contribution < -0.4 is 16.6 Å². The topological polar surface area (TPSA) is 12.5 Å². The van der Waals surface area contributed by atoms with Crippen molar-refractivity contribution in [3.8, 4) is 5.75 Å². The van der Waals surface area contributed by atoms with Crippen molar-refractivity contribution < 1.29 is 3.02 Å². The van der Waals surface area contributed by atoms with Crippen molar-refractivity contribution in [2.24, 2.45) is 0 Å². The van der Waals surface area contributed by atoms with Gasteiger partial charge in [-0.15, -0.1) is 0 Å². The molecule has 5 aromatic rings. The van der Waals surface area contributed by atoms with Crippen molar-refractivity contribution in [3.63, 3.8) is 0 Å². The summed E-state index contributed by atoms with van der Waals surface area (Å²) in [6, 6.07) is 44.9. The van der Waals surface area contributed by atoms with Crippen LogP contribution in [0.2, 0.25) is 0 Å². The first-order valence-corrected chi connectivity index (χ1v) is 21.3. The first-order valence-electron chi connectivity index (χ1n) is 15.3. The van der Waals surface area contributed by atoms with E-state index in [0.717, 1.165) is 5.75 Å². The molecule has 0 unspecified atom stereocenters. The van der Waals surface area contributed by atoms with Gasteiger partial charge in [-0.3, -0.25) is 0 Å². The van der Waals surface area contributed by atoms with Crippen LogP contribution in [0.15, 0.2) is 121 Å². The second-order valence-corrected chi connectivity index (χ2v) is 25.8. The molecule has 5 aromatic carbocycles. The Morgan fingerprint density at radius 1 is 0.535 bits per heavy atom. The molecule has 0 radical (unpaired) electrons. The van der Waals surface area contributed by atoms with Gasteiger partial charge in [-0.25, -0.2) is 0 Å². The Bertz CT molecular complexity index is 1660. The molecule has 43 heavy (non-hydrogen) atoms. The maximum atomic E-state index is 8.17. The van der Waals surface area contributed by atoms with E-state index in [4.69, 9.17) is 3.02 Å². The van der Waals surface area contributed by atoms with Crippen molar-refractivity contribution in [3.05, 3.63) is 144 Å². The second-order valence-electron chi connectivity index (χ2n) is 14.0. The standard InChI is InChI=1S/C22H30NO.3C6H5.Sb/c1-14-10-9-11-15(2)19(14)23-18-13-16(21(3,4)5)12-17(20(18)24)22(6,7)8;3*1-2-4-6-5-3-1;/h9-13,24H,1-8H3;3*1-5H;/q-1;;;;+2/p-1. The van der Waals surface area contributed by atoms with Crippen LogP contribution in [-0.2, 0) is 10.8 Å². The Morgan fingerprint density at radius 3 is 1.37 bits per heavy atom. The maximum absolute atomic E-state index is 8.17. The van der Waals surface area contributed by atoms with Crippen molar-refractivity contribution in [2.75, 3.05) is 3.06 Å². The first kappa shape index (κ1) is 29.6. The van der Waals surface area contributed by atoms with Gasteiger partial charge in [-0.05, 0) is 0 Å². The number of hydrogen-bond donors (Lipinski definition) is 0. The zero-order valence-corrected chi connectivity index (χ0v) is 29.4. The Kier molecular flexibility index (Phi) is 7.09. The van der Waals surface area contributed by atoms with Crippen LogP contribution in [0.5, 0.6) is 5.75 Å². The zero-order chi connectivity index (χ0) is 30.6. The molecule has 1 aliphatic heterocycles. The average molecular weight is 677 g/mol. The predicted octanol–water partition coefficient (Wildman–Crippen LogP) is 8.55. The number of rotatable bonds is 4. The van der Waals surface area contributed by atoms with Crippen molar-refractivity contribution in [1.82, 2.24) is 0 Å². The summed E-state index contributed by atoms with van der Waals surface area (Å²) in [4.78, 5) is 0. The van der Waals surface area contributed by atoms with E-state index in [9.17, 15) is 0 Å². The molecule has 0 fully saturated rings. The van der Waals surface area contributed by atoms with Gasteiger partial charge in [0.05, 0.1) is 0 Å². The summed E-state index contributed by atoms with van der Waals surface area (Å²) in [5.74, 6) is 1.02. The number of anilines is 2. The zero-order valence-electron chi connectivity index (χ0n) is 26.8. The molecule has 0 amide bonds. The number of benzene rings is 5. The summed E-state index contributed by atoms with van der Waals surface area (Å²) in [5, 5.41) is 0. The third-order valence-electron chi connectivity index (χ3n) is 8.98. The molecule has 0 bridgehead atoms.